The molecule has 0 saturated carbocycles. The Kier molecular flexibility index (Phi) is 3.65. The third-order valence-corrected chi connectivity index (χ3v) is 3.86. The van der Waals surface area contributed by atoms with E-state index < -0.39 is 0 Å². The van der Waals surface area contributed by atoms with Crippen LogP contribution in [0.2, 0.25) is 0 Å². The molecule has 1 aromatic rings. The fourth-order valence-electron chi connectivity index (χ4n) is 2.97. The number of carbonyl (C=O) groups is 1. The maximum atomic E-state index is 12.7. The van der Waals surface area contributed by atoms with Crippen LogP contribution in [-0.2, 0) is 4.79 Å². The molecule has 1 atom stereocenters. The number of aryl methyl sites for hydroxylation is 1. The topological polar surface area (TPSA) is 49.6 Å². The van der Waals surface area contributed by atoms with E-state index in [-0.39, 0.29) is 17.5 Å². The molecule has 2 N–H and O–H groups in total. The van der Waals surface area contributed by atoms with Crippen LogP contribution >= 0.6 is 0 Å². The first-order valence-corrected chi connectivity index (χ1v) is 6.68. The van der Waals surface area contributed by atoms with Crippen molar-refractivity contribution in [1.82, 2.24) is 4.90 Å². The fraction of sp³-hybridized carbons (Fsp3) is 0.533. The molecule has 0 spiro atoms. The molecule has 1 aliphatic heterocycles. The maximum Gasteiger partial charge on any atom is 0.246 e. The van der Waals surface area contributed by atoms with Gasteiger partial charge in [-0.25, -0.2) is 0 Å². The number of benzene rings is 1. The molecule has 1 unspecified atom stereocenters. The number of carbonyl (C=O) groups excluding carboxylic acids is 1. The Labute approximate surface area is 115 Å². The lowest BCUT2D eigenvalue weighted by Gasteiger charge is -2.49. The van der Waals surface area contributed by atoms with Crippen molar-refractivity contribution >= 4 is 11.6 Å². The Bertz CT molecular complexity index is 484. The highest BCUT2D eigenvalue weighted by Gasteiger charge is 2.43. The van der Waals surface area contributed by atoms with Crippen LogP contribution in [0.3, 0.4) is 0 Å². The molecule has 0 aliphatic carbocycles. The number of piperazine rings is 1. The standard InChI is InChI=1S/C15H23N3O/c1-11-7-5-6-8-12(11)18-14(19)13(9-16)17(4)10-15(18,2)3/h5-8,13H,9-10,16H2,1-4H3. The minimum Gasteiger partial charge on any atom is -0.328 e. The molecule has 1 aromatic carbocycles. The second-order valence-electron chi connectivity index (χ2n) is 5.94. The summed E-state index contributed by atoms with van der Waals surface area (Å²) in [7, 11) is 1.96. The molecule has 0 aromatic heterocycles. The summed E-state index contributed by atoms with van der Waals surface area (Å²) in [6.07, 6.45) is 0. The summed E-state index contributed by atoms with van der Waals surface area (Å²) in [6.45, 7) is 7.40. The number of hydrogen-bond acceptors (Lipinski definition) is 3. The molecule has 104 valence electrons. The van der Waals surface area contributed by atoms with Gasteiger partial charge in [-0.1, -0.05) is 18.2 Å². The van der Waals surface area contributed by atoms with Crippen LogP contribution in [-0.4, -0.2) is 42.5 Å². The third-order valence-electron chi connectivity index (χ3n) is 3.86. The summed E-state index contributed by atoms with van der Waals surface area (Å²) in [5.74, 6) is 0.0931. The van der Waals surface area contributed by atoms with Gasteiger partial charge in [0.05, 0.1) is 5.54 Å². The van der Waals surface area contributed by atoms with Crippen LogP contribution in [0.1, 0.15) is 19.4 Å². The molecule has 4 heteroatoms. The first-order valence-electron chi connectivity index (χ1n) is 6.68. The Morgan fingerprint density at radius 1 is 1.37 bits per heavy atom. The quantitative estimate of drug-likeness (QED) is 0.875. The van der Waals surface area contributed by atoms with Crippen molar-refractivity contribution in [1.29, 1.82) is 0 Å². The molecular weight excluding hydrogens is 238 g/mol. The third kappa shape index (κ3) is 2.38. The van der Waals surface area contributed by atoms with E-state index >= 15 is 0 Å². The Balaban J connectivity index is 2.47. The molecule has 2 rings (SSSR count). The molecule has 1 aliphatic rings. The van der Waals surface area contributed by atoms with Crippen molar-refractivity contribution in [3.8, 4) is 0 Å². The van der Waals surface area contributed by atoms with E-state index in [1.54, 1.807) is 0 Å². The predicted molar refractivity (Wildman–Crippen MR) is 78.2 cm³/mol. The molecule has 4 nitrogen and oxygen atoms in total. The monoisotopic (exact) mass is 261 g/mol. The molecular formula is C15H23N3O. The molecule has 0 bridgehead atoms. The number of anilines is 1. The first-order chi connectivity index (χ1) is 8.88. The van der Waals surface area contributed by atoms with Gasteiger partial charge in [-0.2, -0.15) is 0 Å². The van der Waals surface area contributed by atoms with Crippen molar-refractivity contribution in [2.24, 2.45) is 5.73 Å². The van der Waals surface area contributed by atoms with Crippen molar-refractivity contribution in [3.05, 3.63) is 29.8 Å². The summed E-state index contributed by atoms with van der Waals surface area (Å²) in [5.41, 5.74) is 7.63. The van der Waals surface area contributed by atoms with Gasteiger partial charge in [0.1, 0.15) is 6.04 Å². The lowest BCUT2D eigenvalue weighted by atomic mass is 9.93. The summed E-state index contributed by atoms with van der Waals surface area (Å²) in [5, 5.41) is 0. The SMILES string of the molecule is Cc1ccccc1N1C(=O)C(CN)N(C)CC1(C)C. The van der Waals surface area contributed by atoms with Crippen LogP contribution in [0.4, 0.5) is 5.69 Å². The number of nitrogens with two attached hydrogens (primary N) is 1. The second kappa shape index (κ2) is 4.94. The highest BCUT2D eigenvalue weighted by Crippen LogP contribution is 2.32. The Hall–Kier alpha value is -1.39. The summed E-state index contributed by atoms with van der Waals surface area (Å²) >= 11 is 0. The highest BCUT2D eigenvalue weighted by atomic mass is 16.2. The van der Waals surface area contributed by atoms with Gasteiger partial charge in [-0.3, -0.25) is 9.69 Å². The zero-order valence-electron chi connectivity index (χ0n) is 12.2. The normalized spacial score (nSPS) is 23.7. The number of rotatable bonds is 2. The minimum absolute atomic E-state index is 0.0931. The number of amides is 1. The summed E-state index contributed by atoms with van der Waals surface area (Å²) < 4.78 is 0. The van der Waals surface area contributed by atoms with Crippen molar-refractivity contribution in [2.75, 3.05) is 25.0 Å². The zero-order chi connectivity index (χ0) is 14.2. The Morgan fingerprint density at radius 3 is 2.58 bits per heavy atom. The number of hydrogen-bond donors (Lipinski definition) is 1. The van der Waals surface area contributed by atoms with Gasteiger partial charge < -0.3 is 10.6 Å². The average Bonchev–Trinajstić information content (AvgIpc) is 2.30. The van der Waals surface area contributed by atoms with E-state index in [0.29, 0.717) is 6.54 Å². The number of para-hydroxylation sites is 1. The van der Waals surface area contributed by atoms with Gasteiger partial charge >= 0.3 is 0 Å². The summed E-state index contributed by atoms with van der Waals surface area (Å²) in [6, 6.07) is 7.78. The first kappa shape index (κ1) is 14.0. The largest absolute Gasteiger partial charge is 0.328 e. The van der Waals surface area contributed by atoms with Crippen molar-refractivity contribution in [3.63, 3.8) is 0 Å². The van der Waals surface area contributed by atoms with Crippen LogP contribution in [0.5, 0.6) is 0 Å². The molecule has 1 heterocycles. The summed E-state index contributed by atoms with van der Waals surface area (Å²) in [4.78, 5) is 16.7. The average molecular weight is 261 g/mol. The van der Waals surface area contributed by atoms with Crippen LogP contribution in [0.25, 0.3) is 0 Å². The van der Waals surface area contributed by atoms with Gasteiger partial charge in [0.2, 0.25) is 5.91 Å². The van der Waals surface area contributed by atoms with Gasteiger partial charge in [-0.15, -0.1) is 0 Å². The van der Waals surface area contributed by atoms with E-state index in [0.717, 1.165) is 17.8 Å². The van der Waals surface area contributed by atoms with E-state index in [1.807, 2.05) is 43.1 Å². The zero-order valence-corrected chi connectivity index (χ0v) is 12.2. The van der Waals surface area contributed by atoms with E-state index in [2.05, 4.69) is 18.7 Å². The van der Waals surface area contributed by atoms with Gasteiger partial charge in [0.25, 0.3) is 0 Å². The number of nitrogens with zero attached hydrogens (tertiary/aromatic N) is 2. The predicted octanol–water partition coefficient (Wildman–Crippen LogP) is 1.38. The second-order valence-corrected chi connectivity index (χ2v) is 5.94. The minimum atomic E-state index is -0.233. The van der Waals surface area contributed by atoms with Gasteiger partial charge in [0, 0.05) is 18.8 Å². The van der Waals surface area contributed by atoms with E-state index in [4.69, 9.17) is 5.73 Å². The molecule has 1 amide bonds. The highest BCUT2D eigenvalue weighted by molar-refractivity contribution is 6.00. The molecule has 0 radical (unpaired) electrons. The molecule has 1 fully saturated rings. The van der Waals surface area contributed by atoms with E-state index in [1.165, 1.54) is 0 Å². The lowest BCUT2D eigenvalue weighted by Crippen LogP contribution is -2.67. The smallest absolute Gasteiger partial charge is 0.246 e. The lowest BCUT2D eigenvalue weighted by molar-refractivity contribution is -0.127. The fourth-order valence-corrected chi connectivity index (χ4v) is 2.97. The maximum absolute atomic E-state index is 12.7. The molecule has 19 heavy (non-hydrogen) atoms. The number of likely N-dealkylation sites (N-methyl/N-ethyl adjacent to an activating group) is 1. The van der Waals surface area contributed by atoms with Crippen molar-refractivity contribution in [2.45, 2.75) is 32.4 Å². The van der Waals surface area contributed by atoms with Gasteiger partial charge in [0.15, 0.2) is 0 Å². The van der Waals surface area contributed by atoms with Crippen molar-refractivity contribution < 1.29 is 4.79 Å². The van der Waals surface area contributed by atoms with Gasteiger partial charge in [-0.05, 0) is 39.4 Å². The van der Waals surface area contributed by atoms with Crippen LogP contribution in [0.15, 0.2) is 24.3 Å². The Morgan fingerprint density at radius 2 is 2.00 bits per heavy atom. The van der Waals surface area contributed by atoms with Crippen LogP contribution < -0.4 is 10.6 Å². The van der Waals surface area contributed by atoms with Crippen LogP contribution in [0, 0.1) is 6.92 Å². The molecule has 1 saturated heterocycles. The van der Waals surface area contributed by atoms with E-state index in [9.17, 15) is 4.79 Å².